The van der Waals surface area contributed by atoms with Gasteiger partial charge in [-0.2, -0.15) is 0 Å². The van der Waals surface area contributed by atoms with Crippen LogP contribution in [-0.2, 0) is 4.79 Å². The Morgan fingerprint density at radius 2 is 2.09 bits per heavy atom. The number of aliphatic hydroxyl groups is 1. The van der Waals surface area contributed by atoms with E-state index in [1.165, 1.54) is 0 Å². The standard InChI is InChI=1S/C17H21N3O3/c21-11-12-5-4-8-20(10-12)16(22)15-9-14(18-17(23)19-15)13-6-2-1-3-7-13/h1-3,6-7,9,12,14,21H,4-5,8,10-11H2,(H2,18,19,23). The lowest BCUT2D eigenvalue weighted by Crippen LogP contribution is -2.49. The molecule has 3 rings (SSSR count). The van der Waals surface area contributed by atoms with E-state index >= 15 is 0 Å². The molecule has 23 heavy (non-hydrogen) atoms. The highest BCUT2D eigenvalue weighted by Crippen LogP contribution is 2.21. The number of benzene rings is 1. The molecule has 3 N–H and O–H groups in total. The van der Waals surface area contributed by atoms with E-state index < -0.39 is 0 Å². The number of hydrogen-bond donors (Lipinski definition) is 3. The predicted molar refractivity (Wildman–Crippen MR) is 85.3 cm³/mol. The first kappa shape index (κ1) is 15.6. The molecule has 0 bridgehead atoms. The molecule has 6 heteroatoms. The lowest BCUT2D eigenvalue weighted by atomic mass is 9.98. The molecule has 2 unspecified atom stereocenters. The van der Waals surface area contributed by atoms with E-state index in [0.717, 1.165) is 18.4 Å². The molecule has 2 atom stereocenters. The summed E-state index contributed by atoms with van der Waals surface area (Å²) >= 11 is 0. The van der Waals surface area contributed by atoms with Crippen LogP contribution in [-0.4, -0.2) is 41.6 Å². The third-order valence-corrected chi connectivity index (χ3v) is 4.32. The van der Waals surface area contributed by atoms with E-state index in [9.17, 15) is 14.7 Å². The second-order valence-corrected chi connectivity index (χ2v) is 6.01. The third kappa shape index (κ3) is 3.53. The summed E-state index contributed by atoms with van der Waals surface area (Å²) in [4.78, 5) is 26.3. The van der Waals surface area contributed by atoms with Crippen molar-refractivity contribution in [2.75, 3.05) is 19.7 Å². The van der Waals surface area contributed by atoms with Gasteiger partial charge in [0.05, 0.1) is 6.04 Å². The van der Waals surface area contributed by atoms with Gasteiger partial charge in [0, 0.05) is 19.7 Å². The molecule has 1 saturated heterocycles. The van der Waals surface area contributed by atoms with Crippen molar-refractivity contribution < 1.29 is 14.7 Å². The highest BCUT2D eigenvalue weighted by Gasteiger charge is 2.29. The van der Waals surface area contributed by atoms with Crippen LogP contribution in [0.5, 0.6) is 0 Å². The topological polar surface area (TPSA) is 81.7 Å². The molecule has 2 aliphatic rings. The number of amides is 3. The minimum absolute atomic E-state index is 0.0867. The molecule has 0 spiro atoms. The molecule has 2 heterocycles. The summed E-state index contributed by atoms with van der Waals surface area (Å²) < 4.78 is 0. The first-order chi connectivity index (χ1) is 11.2. The quantitative estimate of drug-likeness (QED) is 0.783. The summed E-state index contributed by atoms with van der Waals surface area (Å²) in [6, 6.07) is 8.84. The van der Waals surface area contributed by atoms with Crippen LogP contribution in [0, 0.1) is 5.92 Å². The number of rotatable bonds is 3. The van der Waals surface area contributed by atoms with Crippen molar-refractivity contribution >= 4 is 11.9 Å². The average molecular weight is 315 g/mol. The Morgan fingerprint density at radius 3 is 2.83 bits per heavy atom. The second-order valence-electron chi connectivity index (χ2n) is 6.01. The van der Waals surface area contributed by atoms with Crippen molar-refractivity contribution in [2.45, 2.75) is 18.9 Å². The number of hydrogen-bond acceptors (Lipinski definition) is 3. The Balaban J connectivity index is 1.78. The van der Waals surface area contributed by atoms with Gasteiger partial charge in [0.25, 0.3) is 5.91 Å². The van der Waals surface area contributed by atoms with Gasteiger partial charge in [0.15, 0.2) is 0 Å². The second kappa shape index (κ2) is 6.83. The van der Waals surface area contributed by atoms with Crippen LogP contribution in [0.4, 0.5) is 4.79 Å². The summed E-state index contributed by atoms with van der Waals surface area (Å²) in [5.74, 6) is -0.0606. The summed E-state index contributed by atoms with van der Waals surface area (Å²) in [7, 11) is 0. The fourth-order valence-electron chi connectivity index (χ4n) is 3.08. The third-order valence-electron chi connectivity index (χ3n) is 4.32. The van der Waals surface area contributed by atoms with Crippen LogP contribution in [0.1, 0.15) is 24.4 Å². The van der Waals surface area contributed by atoms with Gasteiger partial charge in [-0.3, -0.25) is 4.79 Å². The van der Waals surface area contributed by atoms with Crippen molar-refractivity contribution in [3.8, 4) is 0 Å². The Labute approximate surface area is 135 Å². The maximum atomic E-state index is 12.7. The Morgan fingerprint density at radius 1 is 1.30 bits per heavy atom. The van der Waals surface area contributed by atoms with E-state index in [0.29, 0.717) is 18.8 Å². The first-order valence-corrected chi connectivity index (χ1v) is 7.92. The van der Waals surface area contributed by atoms with Gasteiger partial charge in [-0.15, -0.1) is 0 Å². The Kier molecular flexibility index (Phi) is 4.62. The Hall–Kier alpha value is -2.34. The Bertz CT molecular complexity index is 615. The zero-order valence-electron chi connectivity index (χ0n) is 12.9. The molecule has 0 radical (unpaired) electrons. The first-order valence-electron chi connectivity index (χ1n) is 7.92. The molecule has 122 valence electrons. The van der Waals surface area contributed by atoms with Crippen LogP contribution in [0.15, 0.2) is 42.1 Å². The molecule has 0 aromatic heterocycles. The van der Waals surface area contributed by atoms with Gasteiger partial charge in [-0.1, -0.05) is 30.3 Å². The molecule has 1 aromatic carbocycles. The normalized spacial score (nSPS) is 24.5. The minimum atomic E-state index is -0.375. The fraction of sp³-hybridized carbons (Fsp3) is 0.412. The monoisotopic (exact) mass is 315 g/mol. The number of piperidine rings is 1. The average Bonchev–Trinajstić information content (AvgIpc) is 2.61. The SMILES string of the molecule is O=C1NC(C(=O)N2CCCC(CO)C2)=CC(c2ccccc2)N1. The van der Waals surface area contributed by atoms with Crippen molar-refractivity contribution in [3.05, 3.63) is 47.7 Å². The number of carbonyl (C=O) groups is 2. The zero-order chi connectivity index (χ0) is 16.2. The summed E-state index contributed by atoms with van der Waals surface area (Å²) in [6.45, 7) is 1.28. The van der Waals surface area contributed by atoms with Gasteiger partial charge in [0.1, 0.15) is 5.70 Å². The lowest BCUT2D eigenvalue weighted by molar-refractivity contribution is -0.129. The van der Waals surface area contributed by atoms with E-state index in [1.807, 2.05) is 30.3 Å². The highest BCUT2D eigenvalue weighted by atomic mass is 16.3. The van der Waals surface area contributed by atoms with Crippen LogP contribution < -0.4 is 10.6 Å². The zero-order valence-corrected chi connectivity index (χ0v) is 12.9. The molecule has 3 amide bonds. The van der Waals surface area contributed by atoms with Crippen LogP contribution in [0.3, 0.4) is 0 Å². The largest absolute Gasteiger partial charge is 0.396 e. The maximum Gasteiger partial charge on any atom is 0.320 e. The summed E-state index contributed by atoms with van der Waals surface area (Å²) in [5, 5.41) is 14.7. The maximum absolute atomic E-state index is 12.7. The molecule has 2 aliphatic heterocycles. The highest BCUT2D eigenvalue weighted by molar-refractivity contribution is 5.98. The van der Waals surface area contributed by atoms with Gasteiger partial charge in [-0.05, 0) is 30.4 Å². The van der Waals surface area contributed by atoms with Crippen LogP contribution in [0.25, 0.3) is 0 Å². The van der Waals surface area contributed by atoms with E-state index in [1.54, 1.807) is 11.0 Å². The van der Waals surface area contributed by atoms with E-state index in [4.69, 9.17) is 0 Å². The number of aliphatic hydroxyl groups excluding tert-OH is 1. The molecule has 0 saturated carbocycles. The predicted octanol–water partition coefficient (Wildman–Crippen LogP) is 1.16. The number of likely N-dealkylation sites (tertiary alicyclic amines) is 1. The van der Waals surface area contributed by atoms with Gasteiger partial charge in [0.2, 0.25) is 0 Å². The minimum Gasteiger partial charge on any atom is -0.396 e. The smallest absolute Gasteiger partial charge is 0.320 e. The van der Waals surface area contributed by atoms with E-state index in [-0.39, 0.29) is 30.5 Å². The number of nitrogens with zero attached hydrogens (tertiary/aromatic N) is 1. The van der Waals surface area contributed by atoms with Gasteiger partial charge in [-0.25, -0.2) is 4.79 Å². The van der Waals surface area contributed by atoms with Gasteiger partial charge >= 0.3 is 6.03 Å². The van der Waals surface area contributed by atoms with Crippen LogP contribution in [0.2, 0.25) is 0 Å². The summed E-state index contributed by atoms with van der Waals surface area (Å²) in [6.07, 6.45) is 3.56. The van der Waals surface area contributed by atoms with Gasteiger partial charge < -0.3 is 20.6 Å². The number of nitrogens with one attached hydrogen (secondary N) is 2. The molecular weight excluding hydrogens is 294 g/mol. The molecule has 6 nitrogen and oxygen atoms in total. The van der Waals surface area contributed by atoms with Crippen molar-refractivity contribution in [1.82, 2.24) is 15.5 Å². The number of carbonyl (C=O) groups excluding carboxylic acids is 2. The lowest BCUT2D eigenvalue weighted by Gasteiger charge is -2.33. The molecule has 1 fully saturated rings. The fourth-order valence-corrected chi connectivity index (χ4v) is 3.08. The molecular formula is C17H21N3O3. The molecule has 0 aliphatic carbocycles. The van der Waals surface area contributed by atoms with Crippen molar-refractivity contribution in [1.29, 1.82) is 0 Å². The van der Waals surface area contributed by atoms with Crippen LogP contribution >= 0.6 is 0 Å². The number of urea groups is 1. The van der Waals surface area contributed by atoms with E-state index in [2.05, 4.69) is 10.6 Å². The van der Waals surface area contributed by atoms with Crippen molar-refractivity contribution in [3.63, 3.8) is 0 Å². The molecule has 1 aromatic rings. The van der Waals surface area contributed by atoms with Crippen molar-refractivity contribution in [2.24, 2.45) is 5.92 Å². The summed E-state index contributed by atoms with van der Waals surface area (Å²) in [5.41, 5.74) is 1.24.